The van der Waals surface area contributed by atoms with Gasteiger partial charge in [0.15, 0.2) is 0 Å². The summed E-state index contributed by atoms with van der Waals surface area (Å²) < 4.78 is 1.25. The minimum absolute atomic E-state index is 0.443. The van der Waals surface area contributed by atoms with Crippen LogP contribution in [0.1, 0.15) is 18.4 Å². The van der Waals surface area contributed by atoms with Crippen LogP contribution < -0.4 is 4.90 Å². The molecule has 1 aromatic heterocycles. The lowest BCUT2D eigenvalue weighted by molar-refractivity contribution is 0.404. The van der Waals surface area contributed by atoms with Gasteiger partial charge in [-0.1, -0.05) is 40.9 Å². The molecule has 25 heavy (non-hydrogen) atoms. The smallest absolute Gasteiger partial charge is 0.104 e. The molecule has 0 saturated carbocycles. The van der Waals surface area contributed by atoms with Gasteiger partial charge in [-0.15, -0.1) is 11.3 Å². The van der Waals surface area contributed by atoms with Crippen molar-refractivity contribution in [2.45, 2.75) is 19.3 Å². The van der Waals surface area contributed by atoms with Crippen LogP contribution in [0.25, 0.3) is 10.2 Å². The number of rotatable bonds is 3. The van der Waals surface area contributed by atoms with E-state index in [9.17, 15) is 0 Å². The second-order valence-electron chi connectivity index (χ2n) is 6.48. The Kier molecular flexibility index (Phi) is 5.10. The standard InChI is InChI=1S/C19H17Cl3N2S/c20-14-9-13(10-15(21)18(14)22)8-12-4-6-24(7-5-12)16-2-1-3-17-19(16)23-11-25-17/h1-3,9-12H,4-8H2. The largest absolute Gasteiger partial charge is 0.370 e. The van der Waals surface area contributed by atoms with Crippen LogP contribution in [-0.2, 0) is 6.42 Å². The quantitative estimate of drug-likeness (QED) is 0.445. The van der Waals surface area contributed by atoms with Crippen molar-refractivity contribution in [2.24, 2.45) is 5.92 Å². The third kappa shape index (κ3) is 3.61. The zero-order chi connectivity index (χ0) is 17.4. The highest BCUT2D eigenvalue weighted by Gasteiger charge is 2.22. The molecule has 0 radical (unpaired) electrons. The molecule has 130 valence electrons. The Morgan fingerprint density at radius 3 is 2.52 bits per heavy atom. The first-order valence-corrected chi connectivity index (χ1v) is 10.3. The number of benzene rings is 2. The topological polar surface area (TPSA) is 16.1 Å². The first kappa shape index (κ1) is 17.4. The number of aromatic nitrogens is 1. The van der Waals surface area contributed by atoms with E-state index < -0.39 is 0 Å². The van der Waals surface area contributed by atoms with E-state index in [1.165, 1.54) is 16.0 Å². The third-order valence-electron chi connectivity index (χ3n) is 4.86. The van der Waals surface area contributed by atoms with Gasteiger partial charge in [-0.25, -0.2) is 4.98 Å². The molecule has 2 nitrogen and oxygen atoms in total. The maximum absolute atomic E-state index is 6.15. The van der Waals surface area contributed by atoms with Crippen LogP contribution in [0.3, 0.4) is 0 Å². The number of hydrogen-bond donors (Lipinski definition) is 0. The molecule has 0 bridgehead atoms. The van der Waals surface area contributed by atoms with E-state index in [4.69, 9.17) is 34.8 Å². The Morgan fingerprint density at radius 2 is 1.80 bits per heavy atom. The summed E-state index contributed by atoms with van der Waals surface area (Å²) >= 11 is 20.0. The van der Waals surface area contributed by atoms with Crippen molar-refractivity contribution in [1.82, 2.24) is 4.98 Å². The summed E-state index contributed by atoms with van der Waals surface area (Å²) in [7, 11) is 0. The van der Waals surface area contributed by atoms with Crippen molar-refractivity contribution in [3.8, 4) is 0 Å². The fourth-order valence-electron chi connectivity index (χ4n) is 3.56. The van der Waals surface area contributed by atoms with Crippen LogP contribution in [0.2, 0.25) is 15.1 Å². The molecule has 0 N–H and O–H groups in total. The van der Waals surface area contributed by atoms with E-state index in [2.05, 4.69) is 28.1 Å². The average Bonchev–Trinajstić information content (AvgIpc) is 3.09. The Balaban J connectivity index is 1.44. The zero-order valence-electron chi connectivity index (χ0n) is 13.5. The van der Waals surface area contributed by atoms with Gasteiger partial charge < -0.3 is 4.90 Å². The number of anilines is 1. The van der Waals surface area contributed by atoms with Gasteiger partial charge in [0, 0.05) is 13.1 Å². The maximum Gasteiger partial charge on any atom is 0.104 e. The number of nitrogens with zero attached hydrogens (tertiary/aromatic N) is 2. The summed E-state index contributed by atoms with van der Waals surface area (Å²) in [6.07, 6.45) is 3.29. The summed E-state index contributed by atoms with van der Waals surface area (Å²) in [4.78, 5) is 7.00. The van der Waals surface area contributed by atoms with Crippen LogP contribution in [-0.4, -0.2) is 18.1 Å². The van der Waals surface area contributed by atoms with Crippen molar-refractivity contribution >= 4 is 62.0 Å². The lowest BCUT2D eigenvalue weighted by Crippen LogP contribution is -2.34. The zero-order valence-corrected chi connectivity index (χ0v) is 16.6. The molecule has 0 aliphatic carbocycles. The van der Waals surface area contributed by atoms with Gasteiger partial charge in [0.1, 0.15) is 5.52 Å². The predicted octanol–water partition coefficient (Wildman–Crippen LogP) is 6.72. The molecule has 0 spiro atoms. The van der Waals surface area contributed by atoms with Gasteiger partial charge in [-0.3, -0.25) is 0 Å². The maximum atomic E-state index is 6.15. The number of thiazole rings is 1. The minimum atomic E-state index is 0.443. The molecule has 1 aliphatic heterocycles. The van der Waals surface area contributed by atoms with E-state index in [1.807, 2.05) is 17.6 Å². The lowest BCUT2D eigenvalue weighted by atomic mass is 9.90. The molecule has 1 fully saturated rings. The average molecular weight is 412 g/mol. The molecule has 0 unspecified atom stereocenters. The highest BCUT2D eigenvalue weighted by atomic mass is 35.5. The van der Waals surface area contributed by atoms with Crippen LogP contribution in [0, 0.1) is 5.92 Å². The van der Waals surface area contributed by atoms with Crippen molar-refractivity contribution in [1.29, 1.82) is 0 Å². The number of hydrogen-bond acceptors (Lipinski definition) is 3. The Bertz CT molecular complexity index is 878. The number of fused-ring (bicyclic) bond motifs is 1. The molecule has 1 saturated heterocycles. The molecule has 1 aliphatic rings. The van der Waals surface area contributed by atoms with E-state index in [1.54, 1.807) is 11.3 Å². The van der Waals surface area contributed by atoms with Crippen LogP contribution >= 0.6 is 46.1 Å². The van der Waals surface area contributed by atoms with Gasteiger partial charge in [-0.2, -0.15) is 0 Å². The fraction of sp³-hybridized carbons (Fsp3) is 0.316. The van der Waals surface area contributed by atoms with Gasteiger partial charge >= 0.3 is 0 Å². The van der Waals surface area contributed by atoms with E-state index in [-0.39, 0.29) is 0 Å². The highest BCUT2D eigenvalue weighted by Crippen LogP contribution is 2.34. The molecule has 2 heterocycles. The summed E-state index contributed by atoms with van der Waals surface area (Å²) in [5.74, 6) is 0.638. The minimum Gasteiger partial charge on any atom is -0.370 e. The van der Waals surface area contributed by atoms with Gasteiger partial charge in [0.05, 0.1) is 31.0 Å². The van der Waals surface area contributed by atoms with Crippen molar-refractivity contribution < 1.29 is 0 Å². The molecular weight excluding hydrogens is 395 g/mol. The van der Waals surface area contributed by atoms with E-state index >= 15 is 0 Å². The SMILES string of the molecule is Clc1cc(CC2CCN(c3cccc4scnc34)CC2)cc(Cl)c1Cl. The Labute approximate surface area is 166 Å². The second-order valence-corrected chi connectivity index (χ2v) is 8.56. The molecular formula is C19H17Cl3N2S. The number of piperidine rings is 1. The van der Waals surface area contributed by atoms with E-state index in [0.29, 0.717) is 21.0 Å². The summed E-state index contributed by atoms with van der Waals surface area (Å²) in [6, 6.07) is 10.3. The monoisotopic (exact) mass is 410 g/mol. The Morgan fingerprint density at radius 1 is 1.08 bits per heavy atom. The lowest BCUT2D eigenvalue weighted by Gasteiger charge is -2.34. The second kappa shape index (κ2) is 7.32. The summed E-state index contributed by atoms with van der Waals surface area (Å²) in [5.41, 5.74) is 5.48. The third-order valence-corrected chi connectivity index (χ3v) is 6.85. The van der Waals surface area contributed by atoms with E-state index in [0.717, 1.165) is 37.9 Å². The van der Waals surface area contributed by atoms with Gasteiger partial charge in [0.25, 0.3) is 0 Å². The van der Waals surface area contributed by atoms with Crippen molar-refractivity contribution in [2.75, 3.05) is 18.0 Å². The van der Waals surface area contributed by atoms with Crippen LogP contribution in [0.5, 0.6) is 0 Å². The first-order chi connectivity index (χ1) is 12.1. The number of para-hydroxylation sites is 1. The summed E-state index contributed by atoms with van der Waals surface area (Å²) in [5, 5.41) is 1.52. The highest BCUT2D eigenvalue weighted by molar-refractivity contribution is 7.16. The van der Waals surface area contributed by atoms with Crippen molar-refractivity contribution in [3.05, 3.63) is 56.5 Å². The molecule has 0 atom stereocenters. The van der Waals surface area contributed by atoms with Crippen molar-refractivity contribution in [3.63, 3.8) is 0 Å². The van der Waals surface area contributed by atoms with Gasteiger partial charge in [-0.05, 0) is 55.0 Å². The van der Waals surface area contributed by atoms with Crippen LogP contribution in [0.4, 0.5) is 5.69 Å². The molecule has 0 amide bonds. The van der Waals surface area contributed by atoms with Gasteiger partial charge in [0.2, 0.25) is 0 Å². The Hall–Kier alpha value is -1.000. The molecule has 6 heteroatoms. The molecule has 2 aromatic carbocycles. The molecule has 3 aromatic rings. The number of halogens is 3. The normalized spacial score (nSPS) is 15.9. The predicted molar refractivity (Wildman–Crippen MR) is 110 cm³/mol. The van der Waals surface area contributed by atoms with Crippen LogP contribution in [0.15, 0.2) is 35.8 Å². The fourth-order valence-corrected chi connectivity index (χ4v) is 4.90. The first-order valence-electron chi connectivity index (χ1n) is 8.32. The summed E-state index contributed by atoms with van der Waals surface area (Å²) in [6.45, 7) is 2.10. The molecule has 4 rings (SSSR count).